The Balaban J connectivity index is 2.34. The van der Waals surface area contributed by atoms with Crippen molar-refractivity contribution in [3.8, 4) is 0 Å². The van der Waals surface area contributed by atoms with Crippen LogP contribution in [0.25, 0.3) is 0 Å². The average molecular weight is 282 g/mol. The highest BCUT2D eigenvalue weighted by Crippen LogP contribution is 2.14. The lowest BCUT2D eigenvalue weighted by molar-refractivity contribution is -0.119. The van der Waals surface area contributed by atoms with E-state index in [0.717, 1.165) is 6.42 Å². The number of carbonyl (C=O) groups excluding carboxylic acids is 2. The van der Waals surface area contributed by atoms with Crippen molar-refractivity contribution in [2.45, 2.75) is 20.3 Å². The third-order valence-corrected chi connectivity index (χ3v) is 2.71. The van der Waals surface area contributed by atoms with Crippen molar-refractivity contribution in [1.82, 2.24) is 10.6 Å². The van der Waals surface area contributed by atoms with Crippen molar-refractivity contribution in [2.24, 2.45) is 5.92 Å². The van der Waals surface area contributed by atoms with E-state index in [0.29, 0.717) is 16.5 Å². The average Bonchev–Trinajstić information content (AvgIpc) is 2.36. The van der Waals surface area contributed by atoms with Crippen molar-refractivity contribution in [3.05, 3.63) is 41.4 Å². The molecular weight excluding hydrogens is 264 g/mol. The fourth-order valence-electron chi connectivity index (χ4n) is 1.36. The fourth-order valence-corrected chi connectivity index (χ4v) is 1.58. The number of rotatable bonds is 6. The summed E-state index contributed by atoms with van der Waals surface area (Å²) in [5.41, 5.74) is 0.364. The highest BCUT2D eigenvalue weighted by Gasteiger charge is 2.10. The van der Waals surface area contributed by atoms with E-state index in [9.17, 15) is 9.59 Å². The highest BCUT2D eigenvalue weighted by molar-refractivity contribution is 6.33. The van der Waals surface area contributed by atoms with Crippen molar-refractivity contribution >= 4 is 23.4 Å². The molecule has 1 rings (SSSR count). The number of nitrogens with one attached hydrogen (secondary N) is 2. The van der Waals surface area contributed by atoms with Crippen LogP contribution in [-0.4, -0.2) is 18.4 Å². The maximum absolute atomic E-state index is 11.8. The van der Waals surface area contributed by atoms with Crippen LogP contribution in [0.2, 0.25) is 5.02 Å². The molecule has 0 aliphatic rings. The summed E-state index contributed by atoms with van der Waals surface area (Å²) in [6.45, 7) is 5.75. The second kappa shape index (κ2) is 7.79. The van der Waals surface area contributed by atoms with Crippen LogP contribution in [0.15, 0.2) is 24.3 Å². The summed E-state index contributed by atoms with van der Waals surface area (Å²) < 4.78 is 0. The maximum atomic E-state index is 11.8. The SMILES string of the molecule is CC(C)C[CH]NC(=O)CNC(=O)c1ccccc1Cl. The standard InChI is InChI=1S/C14H18ClN2O2/c1-10(2)7-8-16-13(18)9-17-14(19)11-5-3-4-6-12(11)15/h3-6,8,10H,7,9H2,1-2H3,(H,16,18)(H,17,19). The molecule has 103 valence electrons. The molecule has 5 heteroatoms. The molecule has 0 aliphatic heterocycles. The van der Waals surface area contributed by atoms with Crippen LogP contribution in [0.4, 0.5) is 0 Å². The molecule has 1 radical (unpaired) electrons. The monoisotopic (exact) mass is 281 g/mol. The van der Waals surface area contributed by atoms with Gasteiger partial charge in [0.15, 0.2) is 0 Å². The van der Waals surface area contributed by atoms with Crippen LogP contribution in [0.5, 0.6) is 0 Å². The van der Waals surface area contributed by atoms with Gasteiger partial charge in [-0.3, -0.25) is 9.59 Å². The van der Waals surface area contributed by atoms with Gasteiger partial charge in [0.05, 0.1) is 17.1 Å². The van der Waals surface area contributed by atoms with Gasteiger partial charge >= 0.3 is 0 Å². The van der Waals surface area contributed by atoms with Gasteiger partial charge in [0.1, 0.15) is 0 Å². The molecular formula is C14H18ClN2O2. The van der Waals surface area contributed by atoms with Gasteiger partial charge in [-0.05, 0) is 24.5 Å². The zero-order valence-corrected chi connectivity index (χ0v) is 11.8. The molecule has 2 N–H and O–H groups in total. The van der Waals surface area contributed by atoms with Crippen LogP contribution in [-0.2, 0) is 4.79 Å². The van der Waals surface area contributed by atoms with Crippen molar-refractivity contribution < 1.29 is 9.59 Å². The van der Waals surface area contributed by atoms with Gasteiger partial charge in [-0.15, -0.1) is 0 Å². The van der Waals surface area contributed by atoms with E-state index in [-0.39, 0.29) is 18.4 Å². The van der Waals surface area contributed by atoms with E-state index in [1.807, 2.05) is 0 Å². The van der Waals surface area contributed by atoms with Crippen molar-refractivity contribution in [2.75, 3.05) is 6.54 Å². The minimum Gasteiger partial charge on any atom is -0.350 e. The third-order valence-electron chi connectivity index (χ3n) is 2.38. The molecule has 4 nitrogen and oxygen atoms in total. The molecule has 19 heavy (non-hydrogen) atoms. The van der Waals surface area contributed by atoms with E-state index in [4.69, 9.17) is 11.6 Å². The van der Waals surface area contributed by atoms with Gasteiger partial charge in [-0.1, -0.05) is 37.6 Å². The van der Waals surface area contributed by atoms with Gasteiger partial charge in [-0.2, -0.15) is 0 Å². The Labute approximate surface area is 118 Å². The second-order valence-corrected chi connectivity index (χ2v) is 4.97. The Hall–Kier alpha value is -1.55. The molecule has 1 aromatic rings. The van der Waals surface area contributed by atoms with Gasteiger partial charge in [0.25, 0.3) is 5.91 Å². The zero-order valence-electron chi connectivity index (χ0n) is 11.1. The van der Waals surface area contributed by atoms with Crippen LogP contribution in [0.1, 0.15) is 30.6 Å². The molecule has 0 saturated carbocycles. The second-order valence-electron chi connectivity index (χ2n) is 4.56. The molecule has 0 heterocycles. The molecule has 0 unspecified atom stereocenters. The molecule has 0 fully saturated rings. The quantitative estimate of drug-likeness (QED) is 0.841. The number of hydrogen-bond acceptors (Lipinski definition) is 2. The number of hydrogen-bond donors (Lipinski definition) is 2. The number of carbonyl (C=O) groups is 2. The lowest BCUT2D eigenvalue weighted by atomic mass is 10.1. The molecule has 2 amide bonds. The minimum absolute atomic E-state index is 0.0708. The maximum Gasteiger partial charge on any atom is 0.253 e. The number of benzene rings is 1. The van der Waals surface area contributed by atoms with E-state index in [1.54, 1.807) is 30.8 Å². The first kappa shape index (κ1) is 15.5. The predicted octanol–water partition coefficient (Wildman–Crippen LogP) is 2.39. The third kappa shape index (κ3) is 5.75. The normalized spacial score (nSPS) is 10.3. The van der Waals surface area contributed by atoms with Gasteiger partial charge in [0, 0.05) is 6.54 Å². The first-order valence-corrected chi connectivity index (χ1v) is 6.52. The summed E-state index contributed by atoms with van der Waals surface area (Å²) in [5.74, 6) is -0.122. The van der Waals surface area contributed by atoms with E-state index < -0.39 is 0 Å². The molecule has 0 bridgehead atoms. The van der Waals surface area contributed by atoms with Crippen LogP contribution < -0.4 is 10.6 Å². The number of halogens is 1. The van der Waals surface area contributed by atoms with Gasteiger partial charge in [0.2, 0.25) is 5.91 Å². The lowest BCUT2D eigenvalue weighted by Gasteiger charge is -2.08. The predicted molar refractivity (Wildman–Crippen MR) is 75.7 cm³/mol. The summed E-state index contributed by atoms with van der Waals surface area (Å²) in [4.78, 5) is 23.2. The Kier molecular flexibility index (Phi) is 6.36. The summed E-state index contributed by atoms with van der Waals surface area (Å²) in [6.07, 6.45) is 0.796. The molecule has 0 spiro atoms. The topological polar surface area (TPSA) is 58.2 Å². The number of amides is 2. The molecule has 0 aliphatic carbocycles. The molecule has 0 saturated heterocycles. The summed E-state index contributed by atoms with van der Waals surface area (Å²) in [7, 11) is 0. The smallest absolute Gasteiger partial charge is 0.253 e. The van der Waals surface area contributed by atoms with Crippen LogP contribution >= 0.6 is 11.6 Å². The van der Waals surface area contributed by atoms with Gasteiger partial charge < -0.3 is 10.6 Å². The van der Waals surface area contributed by atoms with Crippen molar-refractivity contribution in [3.63, 3.8) is 0 Å². The summed E-state index contributed by atoms with van der Waals surface area (Å²) in [5, 5.41) is 5.51. The van der Waals surface area contributed by atoms with E-state index >= 15 is 0 Å². The Morgan fingerprint density at radius 1 is 1.32 bits per heavy atom. The summed E-state index contributed by atoms with van der Waals surface area (Å²) in [6, 6.07) is 6.71. The van der Waals surface area contributed by atoms with Crippen LogP contribution in [0, 0.1) is 12.5 Å². The van der Waals surface area contributed by atoms with Gasteiger partial charge in [-0.25, -0.2) is 0 Å². The molecule has 1 aromatic carbocycles. The van der Waals surface area contributed by atoms with Crippen LogP contribution in [0.3, 0.4) is 0 Å². The highest BCUT2D eigenvalue weighted by atomic mass is 35.5. The Morgan fingerprint density at radius 2 is 2.00 bits per heavy atom. The Bertz CT molecular complexity index is 447. The zero-order chi connectivity index (χ0) is 14.3. The first-order valence-electron chi connectivity index (χ1n) is 6.14. The minimum atomic E-state index is -0.357. The Morgan fingerprint density at radius 3 is 2.63 bits per heavy atom. The first-order chi connectivity index (χ1) is 9.00. The fraction of sp³-hybridized carbons (Fsp3) is 0.357. The van der Waals surface area contributed by atoms with E-state index in [1.165, 1.54) is 0 Å². The summed E-state index contributed by atoms with van der Waals surface area (Å²) >= 11 is 5.89. The largest absolute Gasteiger partial charge is 0.350 e. The molecule has 0 aromatic heterocycles. The van der Waals surface area contributed by atoms with Crippen molar-refractivity contribution in [1.29, 1.82) is 0 Å². The van der Waals surface area contributed by atoms with E-state index in [2.05, 4.69) is 24.5 Å². The lowest BCUT2D eigenvalue weighted by Crippen LogP contribution is -2.36. The molecule has 0 atom stereocenters.